The molecule has 0 spiro atoms. The van der Waals surface area contributed by atoms with E-state index in [0.717, 1.165) is 15.0 Å². The minimum absolute atomic E-state index is 0.276. The molecule has 110 valence electrons. The zero-order chi connectivity index (χ0) is 15.0. The molecule has 0 unspecified atom stereocenters. The van der Waals surface area contributed by atoms with E-state index in [0.29, 0.717) is 9.23 Å². The molecule has 0 aliphatic heterocycles. The fourth-order valence-electron chi connectivity index (χ4n) is 2.02. The molecule has 0 radical (unpaired) electrons. The molecule has 0 saturated carbocycles. The second-order valence-corrected chi connectivity index (χ2v) is 9.26. The number of thiophene rings is 2. The van der Waals surface area contributed by atoms with Crippen LogP contribution in [0.5, 0.6) is 0 Å². The number of halogens is 1. The van der Waals surface area contributed by atoms with Crippen molar-refractivity contribution >= 4 is 54.4 Å². The van der Waals surface area contributed by atoms with Gasteiger partial charge in [0.15, 0.2) is 0 Å². The van der Waals surface area contributed by atoms with Crippen LogP contribution in [0.15, 0.2) is 46.0 Å². The molecule has 0 N–H and O–H groups in total. The van der Waals surface area contributed by atoms with Crippen molar-refractivity contribution in [1.29, 1.82) is 0 Å². The number of hydrogen-bond donors (Lipinski definition) is 0. The van der Waals surface area contributed by atoms with E-state index in [9.17, 15) is 8.42 Å². The first-order valence-electron chi connectivity index (χ1n) is 6.16. The first-order valence-corrected chi connectivity index (χ1v) is 9.67. The largest absolute Gasteiger partial charge is 0.252 e. The lowest BCUT2D eigenvalue weighted by Crippen LogP contribution is -2.25. The summed E-state index contributed by atoms with van der Waals surface area (Å²) < 4.78 is 27.6. The number of rotatable bonds is 4. The summed E-state index contributed by atoms with van der Waals surface area (Å²) in [6.45, 7) is 0.276. The number of fused-ring (bicyclic) bond motifs is 1. The van der Waals surface area contributed by atoms with Crippen LogP contribution in [0.3, 0.4) is 0 Å². The van der Waals surface area contributed by atoms with Gasteiger partial charge in [0.1, 0.15) is 4.21 Å². The third-order valence-electron chi connectivity index (χ3n) is 3.13. The maximum atomic E-state index is 12.4. The van der Waals surface area contributed by atoms with E-state index < -0.39 is 10.0 Å². The van der Waals surface area contributed by atoms with Crippen molar-refractivity contribution in [3.8, 4) is 0 Å². The Morgan fingerprint density at radius 2 is 1.95 bits per heavy atom. The van der Waals surface area contributed by atoms with Crippen molar-refractivity contribution < 1.29 is 8.42 Å². The SMILES string of the molecule is CN(Cc1sc2ccccc2c1Cl)S(=O)(=O)c1cccs1. The van der Waals surface area contributed by atoms with Crippen LogP contribution in [-0.2, 0) is 16.6 Å². The van der Waals surface area contributed by atoms with Crippen molar-refractivity contribution in [2.45, 2.75) is 10.8 Å². The summed E-state index contributed by atoms with van der Waals surface area (Å²) in [5.74, 6) is 0. The van der Waals surface area contributed by atoms with E-state index in [2.05, 4.69) is 0 Å². The molecule has 0 aliphatic carbocycles. The topological polar surface area (TPSA) is 37.4 Å². The Balaban J connectivity index is 1.93. The Morgan fingerprint density at radius 3 is 2.62 bits per heavy atom. The summed E-state index contributed by atoms with van der Waals surface area (Å²) in [4.78, 5) is 0.862. The van der Waals surface area contributed by atoms with Crippen molar-refractivity contribution in [3.63, 3.8) is 0 Å². The molecule has 3 rings (SSSR count). The lowest BCUT2D eigenvalue weighted by molar-refractivity contribution is 0.471. The van der Waals surface area contributed by atoms with Gasteiger partial charge in [0.2, 0.25) is 0 Å². The van der Waals surface area contributed by atoms with Crippen LogP contribution in [-0.4, -0.2) is 19.8 Å². The fourth-order valence-corrected chi connectivity index (χ4v) is 5.99. The van der Waals surface area contributed by atoms with Gasteiger partial charge in [0, 0.05) is 28.6 Å². The van der Waals surface area contributed by atoms with Crippen LogP contribution in [0.2, 0.25) is 5.02 Å². The molecule has 0 fully saturated rings. The standard InChI is InChI=1S/C14H12ClNO2S3/c1-16(21(17,18)13-7-4-8-19-13)9-12-14(15)10-5-2-3-6-11(10)20-12/h2-8H,9H2,1H3. The highest BCUT2D eigenvalue weighted by Gasteiger charge is 2.23. The van der Waals surface area contributed by atoms with E-state index in [1.165, 1.54) is 27.0 Å². The van der Waals surface area contributed by atoms with Crippen LogP contribution in [0.1, 0.15) is 4.88 Å². The summed E-state index contributed by atoms with van der Waals surface area (Å²) in [7, 11) is -1.87. The van der Waals surface area contributed by atoms with Crippen LogP contribution in [0.25, 0.3) is 10.1 Å². The highest BCUT2D eigenvalue weighted by atomic mass is 35.5. The normalized spacial score (nSPS) is 12.3. The lowest BCUT2D eigenvalue weighted by Gasteiger charge is -2.15. The van der Waals surface area contributed by atoms with Crippen LogP contribution in [0.4, 0.5) is 0 Å². The van der Waals surface area contributed by atoms with Gasteiger partial charge in [-0.2, -0.15) is 4.31 Å². The summed E-state index contributed by atoms with van der Waals surface area (Å²) in [6.07, 6.45) is 0. The van der Waals surface area contributed by atoms with Crippen LogP contribution < -0.4 is 0 Å². The predicted molar refractivity (Wildman–Crippen MR) is 89.8 cm³/mol. The molecule has 0 amide bonds. The minimum Gasteiger partial charge on any atom is -0.206 e. The molecule has 1 aromatic carbocycles. The van der Waals surface area contributed by atoms with Crippen molar-refractivity contribution in [1.82, 2.24) is 4.31 Å². The molecular formula is C14H12ClNO2S3. The Labute approximate surface area is 136 Å². The van der Waals surface area contributed by atoms with Gasteiger partial charge in [-0.15, -0.1) is 22.7 Å². The van der Waals surface area contributed by atoms with Crippen molar-refractivity contribution in [3.05, 3.63) is 51.7 Å². The summed E-state index contributed by atoms with van der Waals surface area (Å²) in [6, 6.07) is 11.2. The number of benzene rings is 1. The minimum atomic E-state index is -3.45. The summed E-state index contributed by atoms with van der Waals surface area (Å²) in [5.41, 5.74) is 0. The zero-order valence-corrected chi connectivity index (χ0v) is 14.3. The Kier molecular flexibility index (Phi) is 4.07. The maximum absolute atomic E-state index is 12.4. The maximum Gasteiger partial charge on any atom is 0.252 e. The number of nitrogens with zero attached hydrogens (tertiary/aromatic N) is 1. The number of sulfonamides is 1. The molecule has 0 aliphatic rings. The zero-order valence-electron chi connectivity index (χ0n) is 11.1. The lowest BCUT2D eigenvalue weighted by atomic mass is 10.2. The van der Waals surface area contributed by atoms with E-state index in [1.54, 1.807) is 24.6 Å². The first kappa shape index (κ1) is 15.0. The molecule has 3 nitrogen and oxygen atoms in total. The third kappa shape index (κ3) is 2.74. The summed E-state index contributed by atoms with van der Waals surface area (Å²) in [5, 5.41) is 3.37. The Hall–Kier alpha value is -0.920. The third-order valence-corrected chi connectivity index (χ3v) is 8.00. The van der Waals surface area contributed by atoms with E-state index in [1.807, 2.05) is 24.3 Å². The van der Waals surface area contributed by atoms with Gasteiger partial charge in [0.25, 0.3) is 10.0 Å². The quantitative estimate of drug-likeness (QED) is 0.692. The molecule has 3 aromatic rings. The van der Waals surface area contributed by atoms with Gasteiger partial charge in [-0.05, 0) is 17.5 Å². The van der Waals surface area contributed by atoms with Gasteiger partial charge >= 0.3 is 0 Å². The van der Waals surface area contributed by atoms with Gasteiger partial charge < -0.3 is 0 Å². The van der Waals surface area contributed by atoms with Crippen LogP contribution >= 0.6 is 34.3 Å². The van der Waals surface area contributed by atoms with Gasteiger partial charge in [-0.25, -0.2) is 8.42 Å². The average Bonchev–Trinajstić information content (AvgIpc) is 3.09. The number of hydrogen-bond acceptors (Lipinski definition) is 4. The summed E-state index contributed by atoms with van der Waals surface area (Å²) >= 11 is 9.12. The monoisotopic (exact) mass is 357 g/mol. The van der Waals surface area contributed by atoms with E-state index in [4.69, 9.17) is 11.6 Å². The Bertz CT molecular complexity index is 869. The van der Waals surface area contributed by atoms with E-state index >= 15 is 0 Å². The van der Waals surface area contributed by atoms with Crippen molar-refractivity contribution in [2.24, 2.45) is 0 Å². The van der Waals surface area contributed by atoms with Gasteiger partial charge in [-0.3, -0.25) is 0 Å². The highest BCUT2D eigenvalue weighted by molar-refractivity contribution is 7.91. The van der Waals surface area contributed by atoms with Gasteiger partial charge in [0.05, 0.1) is 5.02 Å². The molecule has 0 saturated heterocycles. The molecule has 21 heavy (non-hydrogen) atoms. The van der Waals surface area contributed by atoms with E-state index in [-0.39, 0.29) is 6.54 Å². The fraction of sp³-hybridized carbons (Fsp3) is 0.143. The molecule has 2 heterocycles. The molecule has 7 heteroatoms. The second-order valence-electron chi connectivity index (χ2n) is 4.53. The van der Waals surface area contributed by atoms with Crippen molar-refractivity contribution in [2.75, 3.05) is 7.05 Å². The molecule has 2 aromatic heterocycles. The van der Waals surface area contributed by atoms with Crippen LogP contribution in [0, 0.1) is 0 Å². The smallest absolute Gasteiger partial charge is 0.206 e. The first-order chi connectivity index (χ1) is 10.00. The van der Waals surface area contributed by atoms with Gasteiger partial charge in [-0.1, -0.05) is 35.9 Å². The highest BCUT2D eigenvalue weighted by Crippen LogP contribution is 2.36. The molecule has 0 bridgehead atoms. The Morgan fingerprint density at radius 1 is 1.19 bits per heavy atom. The average molecular weight is 358 g/mol. The predicted octanol–water partition coefficient (Wildman–Crippen LogP) is 4.44. The molecule has 0 atom stereocenters. The molecular weight excluding hydrogens is 346 g/mol. The second kappa shape index (κ2) is 5.70.